The highest BCUT2D eigenvalue weighted by atomic mass is 19.4. The van der Waals surface area contributed by atoms with Crippen molar-refractivity contribution in [1.29, 1.82) is 0 Å². The Morgan fingerprint density at radius 1 is 1.09 bits per heavy atom. The van der Waals surface area contributed by atoms with Crippen LogP contribution in [0.5, 0.6) is 5.75 Å². The lowest BCUT2D eigenvalue weighted by molar-refractivity contribution is -0.274. The summed E-state index contributed by atoms with van der Waals surface area (Å²) in [6.07, 6.45) is 1.41. The molecule has 2 aliphatic rings. The molecule has 2 fully saturated rings. The number of rotatable bonds is 5. The Morgan fingerprint density at radius 2 is 1.85 bits per heavy atom. The summed E-state index contributed by atoms with van der Waals surface area (Å²) >= 11 is 0. The van der Waals surface area contributed by atoms with Crippen LogP contribution in [0.4, 0.5) is 18.0 Å². The minimum Gasteiger partial charge on any atom is -0.445 e. The smallest absolute Gasteiger partial charge is 0.445 e. The van der Waals surface area contributed by atoms with Crippen LogP contribution in [0.3, 0.4) is 0 Å². The summed E-state index contributed by atoms with van der Waals surface area (Å²) in [5, 5.41) is 4.35. The van der Waals surface area contributed by atoms with Gasteiger partial charge in [0.2, 0.25) is 0 Å². The summed E-state index contributed by atoms with van der Waals surface area (Å²) in [7, 11) is 0. The summed E-state index contributed by atoms with van der Waals surface area (Å²) in [6, 6.07) is 15.4. The topological polar surface area (TPSA) is 56.6 Å². The van der Waals surface area contributed by atoms with Crippen molar-refractivity contribution in [2.24, 2.45) is 5.41 Å². The van der Waals surface area contributed by atoms with Gasteiger partial charge in [-0.05, 0) is 53.9 Å². The largest absolute Gasteiger partial charge is 0.573 e. The highest BCUT2D eigenvalue weighted by Gasteiger charge is 2.56. The molecular weight excluding hydrogens is 447 g/mol. The van der Waals surface area contributed by atoms with Crippen LogP contribution >= 0.6 is 0 Å². The highest BCUT2D eigenvalue weighted by molar-refractivity contribution is 5.67. The Balaban J connectivity index is 1.16. The third-order valence-electron chi connectivity index (χ3n) is 6.73. The molecule has 1 saturated heterocycles. The lowest BCUT2D eigenvalue weighted by atomic mass is 9.89. The molecule has 0 N–H and O–H groups in total. The first-order valence-corrected chi connectivity index (χ1v) is 11.2. The fourth-order valence-corrected chi connectivity index (χ4v) is 4.80. The standard InChI is InChI=1S/C25H24F3N3O3/c26-25(27,28)34-21-8-4-7-20(13-21)31-16-19(15-29-31)22-14-24(22)9-11-30(12-10-24)23(32)33-17-18-5-2-1-3-6-18/h1-8,13,15-16,22H,9-12,14,17H2/t22-/m0/s1. The molecule has 2 heterocycles. The number of likely N-dealkylation sites (tertiary alicyclic amines) is 1. The predicted octanol–water partition coefficient (Wildman–Crippen LogP) is 5.68. The van der Waals surface area contributed by atoms with Crippen molar-refractivity contribution in [3.63, 3.8) is 0 Å². The molecule has 1 amide bonds. The lowest BCUT2D eigenvalue weighted by Gasteiger charge is -2.32. The maximum atomic E-state index is 12.5. The molecule has 3 aromatic rings. The Bertz CT molecular complexity index is 1150. The number of hydrogen-bond donors (Lipinski definition) is 0. The Kier molecular flexibility index (Phi) is 5.71. The fraction of sp³-hybridized carbons (Fsp3) is 0.360. The highest BCUT2D eigenvalue weighted by Crippen LogP contribution is 2.64. The van der Waals surface area contributed by atoms with Crippen LogP contribution in [0.15, 0.2) is 67.0 Å². The first kappa shape index (κ1) is 22.3. The van der Waals surface area contributed by atoms with Crippen LogP contribution in [-0.2, 0) is 11.3 Å². The third kappa shape index (κ3) is 4.88. The van der Waals surface area contributed by atoms with E-state index < -0.39 is 6.36 Å². The molecule has 34 heavy (non-hydrogen) atoms. The molecule has 6 nitrogen and oxygen atoms in total. The Morgan fingerprint density at radius 3 is 2.59 bits per heavy atom. The normalized spacial score (nSPS) is 19.1. The molecule has 1 atom stereocenters. The number of halogens is 3. The van der Waals surface area contributed by atoms with Crippen LogP contribution in [0, 0.1) is 5.41 Å². The summed E-state index contributed by atoms with van der Waals surface area (Å²) in [5.74, 6) is 0.0508. The molecule has 9 heteroatoms. The van der Waals surface area contributed by atoms with Crippen molar-refractivity contribution in [3.05, 3.63) is 78.1 Å². The Hall–Kier alpha value is -3.49. The van der Waals surface area contributed by atoms with Crippen LogP contribution in [0.1, 0.15) is 36.3 Å². The minimum absolute atomic E-state index is 0.144. The van der Waals surface area contributed by atoms with Crippen molar-refractivity contribution < 1.29 is 27.4 Å². The Labute approximate surface area is 194 Å². The number of ether oxygens (including phenoxy) is 2. The van der Waals surface area contributed by atoms with Gasteiger partial charge in [-0.3, -0.25) is 0 Å². The van der Waals surface area contributed by atoms with Gasteiger partial charge in [-0.15, -0.1) is 13.2 Å². The van der Waals surface area contributed by atoms with Gasteiger partial charge in [-0.25, -0.2) is 9.48 Å². The van der Waals surface area contributed by atoms with E-state index in [1.54, 1.807) is 21.8 Å². The number of carbonyl (C=O) groups excluding carboxylic acids is 1. The van der Waals surface area contributed by atoms with Crippen molar-refractivity contribution in [2.45, 2.75) is 38.1 Å². The molecule has 5 rings (SSSR count). The van der Waals surface area contributed by atoms with Crippen molar-refractivity contribution >= 4 is 6.09 Å². The van der Waals surface area contributed by atoms with E-state index in [9.17, 15) is 18.0 Å². The van der Waals surface area contributed by atoms with E-state index in [2.05, 4.69) is 9.84 Å². The maximum Gasteiger partial charge on any atom is 0.573 e. The van der Waals surface area contributed by atoms with E-state index in [1.807, 2.05) is 36.5 Å². The number of piperidine rings is 1. The predicted molar refractivity (Wildman–Crippen MR) is 117 cm³/mol. The molecule has 1 aliphatic heterocycles. The van der Waals surface area contributed by atoms with E-state index in [0.29, 0.717) is 24.7 Å². The SMILES string of the molecule is O=C(OCc1ccccc1)N1CCC2(CC1)C[C@H]2c1cnn(-c2cccc(OC(F)(F)F)c2)c1. The van der Waals surface area contributed by atoms with Gasteiger partial charge in [-0.2, -0.15) is 5.10 Å². The quantitative estimate of drug-likeness (QED) is 0.481. The van der Waals surface area contributed by atoms with Crippen molar-refractivity contribution in [2.75, 3.05) is 13.1 Å². The monoisotopic (exact) mass is 471 g/mol. The first-order chi connectivity index (χ1) is 16.3. The summed E-state index contributed by atoms with van der Waals surface area (Å²) in [4.78, 5) is 14.2. The zero-order valence-electron chi connectivity index (χ0n) is 18.4. The second-order valence-electron chi connectivity index (χ2n) is 8.91. The summed E-state index contributed by atoms with van der Waals surface area (Å²) < 4.78 is 48.6. The molecule has 1 saturated carbocycles. The number of hydrogen-bond acceptors (Lipinski definition) is 4. The zero-order chi connectivity index (χ0) is 23.8. The van der Waals surface area contributed by atoms with E-state index >= 15 is 0 Å². The number of amides is 1. The van der Waals surface area contributed by atoms with Crippen LogP contribution in [0.25, 0.3) is 5.69 Å². The second kappa shape index (κ2) is 8.70. The number of alkyl halides is 3. The third-order valence-corrected chi connectivity index (χ3v) is 6.73. The van der Waals surface area contributed by atoms with Gasteiger partial charge < -0.3 is 14.4 Å². The van der Waals surface area contributed by atoms with E-state index in [0.717, 1.165) is 30.4 Å². The van der Waals surface area contributed by atoms with Gasteiger partial charge in [0.15, 0.2) is 0 Å². The number of benzene rings is 2. The maximum absolute atomic E-state index is 12.5. The number of carbonyl (C=O) groups is 1. The minimum atomic E-state index is -4.74. The van der Waals surface area contributed by atoms with E-state index in [1.165, 1.54) is 18.2 Å². The number of aromatic nitrogens is 2. The van der Waals surface area contributed by atoms with Gasteiger partial charge in [0.1, 0.15) is 12.4 Å². The average Bonchev–Trinajstić information content (AvgIpc) is 3.28. The van der Waals surface area contributed by atoms with Gasteiger partial charge in [0, 0.05) is 25.4 Å². The van der Waals surface area contributed by atoms with Crippen LogP contribution < -0.4 is 4.74 Å². The van der Waals surface area contributed by atoms with Crippen LogP contribution in [-0.4, -0.2) is 40.2 Å². The lowest BCUT2D eigenvalue weighted by Crippen LogP contribution is -2.39. The molecule has 0 unspecified atom stereocenters. The summed E-state index contributed by atoms with van der Waals surface area (Å²) in [5.41, 5.74) is 2.66. The second-order valence-corrected chi connectivity index (χ2v) is 8.91. The average molecular weight is 471 g/mol. The molecule has 178 valence electrons. The fourth-order valence-electron chi connectivity index (χ4n) is 4.80. The van der Waals surface area contributed by atoms with Gasteiger partial charge in [0.05, 0.1) is 11.9 Å². The molecule has 1 spiro atoms. The van der Waals surface area contributed by atoms with Gasteiger partial charge >= 0.3 is 12.5 Å². The van der Waals surface area contributed by atoms with Gasteiger partial charge in [-0.1, -0.05) is 36.4 Å². The van der Waals surface area contributed by atoms with Crippen molar-refractivity contribution in [1.82, 2.24) is 14.7 Å². The zero-order valence-corrected chi connectivity index (χ0v) is 18.4. The van der Waals surface area contributed by atoms with Crippen molar-refractivity contribution in [3.8, 4) is 11.4 Å². The van der Waals surface area contributed by atoms with Gasteiger partial charge in [0.25, 0.3) is 0 Å². The molecule has 1 aliphatic carbocycles. The molecule has 0 radical (unpaired) electrons. The van der Waals surface area contributed by atoms with Crippen LogP contribution in [0.2, 0.25) is 0 Å². The first-order valence-electron chi connectivity index (χ1n) is 11.2. The molecular formula is C25H24F3N3O3. The summed E-state index contributed by atoms with van der Waals surface area (Å²) in [6.45, 7) is 1.56. The molecule has 2 aromatic carbocycles. The molecule has 1 aromatic heterocycles. The van der Waals surface area contributed by atoms with E-state index in [-0.39, 0.29) is 23.9 Å². The number of nitrogens with zero attached hydrogens (tertiary/aromatic N) is 3. The van der Waals surface area contributed by atoms with E-state index in [4.69, 9.17) is 4.74 Å². The molecule has 0 bridgehead atoms.